The van der Waals surface area contributed by atoms with Crippen molar-refractivity contribution < 1.29 is 9.53 Å². The van der Waals surface area contributed by atoms with Crippen LogP contribution in [-0.2, 0) is 16.1 Å². The lowest BCUT2D eigenvalue weighted by molar-refractivity contribution is -0.141. The van der Waals surface area contributed by atoms with Crippen molar-refractivity contribution in [2.45, 2.75) is 6.54 Å². The van der Waals surface area contributed by atoms with Gasteiger partial charge in [-0.25, -0.2) is 9.97 Å². The molecule has 0 N–H and O–H groups in total. The number of nitrogens with zero attached hydrogens (tertiary/aromatic N) is 4. The minimum absolute atomic E-state index is 0.0741. The van der Waals surface area contributed by atoms with Crippen LogP contribution in [0.15, 0.2) is 43.0 Å². The summed E-state index contributed by atoms with van der Waals surface area (Å²) in [5.74, 6) is -0.339. The summed E-state index contributed by atoms with van der Waals surface area (Å²) < 4.78 is 6.32. The molecule has 6 nitrogen and oxygen atoms in total. The van der Waals surface area contributed by atoms with Crippen LogP contribution in [0, 0.1) is 0 Å². The summed E-state index contributed by atoms with van der Waals surface area (Å²) in [5, 5.41) is 5.43. The standard InChI is InChI=1S/C14H12N4O2/c1-20-13(19)8-18-12-5-3-2-4-11(12)14(17-18)10-6-15-9-16-7-10/h2-7,9H,8H2,1H3. The highest BCUT2D eigenvalue weighted by Crippen LogP contribution is 2.26. The van der Waals surface area contributed by atoms with Gasteiger partial charge < -0.3 is 4.74 Å². The molecular formula is C14H12N4O2. The van der Waals surface area contributed by atoms with Gasteiger partial charge >= 0.3 is 5.97 Å². The average Bonchev–Trinajstić information content (AvgIpc) is 2.87. The van der Waals surface area contributed by atoms with Crippen molar-refractivity contribution in [3.63, 3.8) is 0 Å². The zero-order valence-electron chi connectivity index (χ0n) is 10.9. The Morgan fingerprint density at radius 3 is 2.75 bits per heavy atom. The Morgan fingerprint density at radius 2 is 2.00 bits per heavy atom. The summed E-state index contributed by atoms with van der Waals surface area (Å²) in [6.07, 6.45) is 4.87. The quantitative estimate of drug-likeness (QED) is 0.676. The Kier molecular flexibility index (Phi) is 3.12. The van der Waals surface area contributed by atoms with E-state index in [1.165, 1.54) is 13.4 Å². The molecule has 2 aromatic heterocycles. The van der Waals surface area contributed by atoms with Gasteiger partial charge in [-0.3, -0.25) is 9.48 Å². The van der Waals surface area contributed by atoms with Crippen molar-refractivity contribution in [3.05, 3.63) is 43.0 Å². The Balaban J connectivity index is 2.16. The highest BCUT2D eigenvalue weighted by molar-refractivity contribution is 5.93. The van der Waals surface area contributed by atoms with Crippen LogP contribution >= 0.6 is 0 Å². The minimum atomic E-state index is -0.339. The van der Waals surface area contributed by atoms with E-state index in [1.807, 2.05) is 24.3 Å². The SMILES string of the molecule is COC(=O)Cn1nc(-c2cncnc2)c2ccccc21. The molecule has 3 aromatic rings. The molecule has 0 fully saturated rings. The van der Waals surface area contributed by atoms with Gasteiger partial charge in [-0.05, 0) is 6.07 Å². The molecular weight excluding hydrogens is 256 g/mol. The first-order chi connectivity index (χ1) is 9.79. The fourth-order valence-corrected chi connectivity index (χ4v) is 2.07. The number of rotatable bonds is 3. The Bertz CT molecular complexity index is 752. The highest BCUT2D eigenvalue weighted by atomic mass is 16.5. The van der Waals surface area contributed by atoms with Crippen LogP contribution in [0.3, 0.4) is 0 Å². The van der Waals surface area contributed by atoms with Crippen molar-refractivity contribution in [2.24, 2.45) is 0 Å². The van der Waals surface area contributed by atoms with Crippen molar-refractivity contribution in [1.29, 1.82) is 0 Å². The van der Waals surface area contributed by atoms with Gasteiger partial charge in [-0.15, -0.1) is 0 Å². The molecule has 0 aliphatic heterocycles. The molecule has 0 saturated heterocycles. The molecule has 3 rings (SSSR count). The number of methoxy groups -OCH3 is 1. The summed E-state index contributed by atoms with van der Waals surface area (Å²) in [4.78, 5) is 19.5. The smallest absolute Gasteiger partial charge is 0.327 e. The summed E-state index contributed by atoms with van der Waals surface area (Å²) >= 11 is 0. The third-order valence-electron chi connectivity index (χ3n) is 3.00. The third-order valence-corrected chi connectivity index (χ3v) is 3.00. The van der Waals surface area contributed by atoms with Crippen molar-refractivity contribution in [1.82, 2.24) is 19.7 Å². The number of carbonyl (C=O) groups excluding carboxylic acids is 1. The monoisotopic (exact) mass is 268 g/mol. The van der Waals surface area contributed by atoms with Gasteiger partial charge in [-0.1, -0.05) is 18.2 Å². The second-order valence-electron chi connectivity index (χ2n) is 4.23. The number of hydrogen-bond acceptors (Lipinski definition) is 5. The summed E-state index contributed by atoms with van der Waals surface area (Å²) in [6.45, 7) is 0.0741. The normalized spacial score (nSPS) is 10.7. The van der Waals surface area contributed by atoms with E-state index in [-0.39, 0.29) is 12.5 Å². The van der Waals surface area contributed by atoms with Crippen LogP contribution in [-0.4, -0.2) is 32.8 Å². The molecule has 100 valence electrons. The van der Waals surface area contributed by atoms with Crippen LogP contribution in [0.4, 0.5) is 0 Å². The third kappa shape index (κ3) is 2.11. The topological polar surface area (TPSA) is 69.9 Å². The Morgan fingerprint density at radius 1 is 1.25 bits per heavy atom. The van der Waals surface area contributed by atoms with Gasteiger partial charge in [-0.2, -0.15) is 5.10 Å². The lowest BCUT2D eigenvalue weighted by Crippen LogP contribution is -2.12. The fourth-order valence-electron chi connectivity index (χ4n) is 2.07. The number of aromatic nitrogens is 4. The van der Waals surface area contributed by atoms with E-state index in [9.17, 15) is 4.79 Å². The second kappa shape index (κ2) is 5.08. The first kappa shape index (κ1) is 12.3. The van der Waals surface area contributed by atoms with Gasteiger partial charge in [0.15, 0.2) is 0 Å². The Labute approximate surface area is 115 Å². The molecule has 0 radical (unpaired) electrons. The zero-order chi connectivity index (χ0) is 13.9. The lowest BCUT2D eigenvalue weighted by atomic mass is 10.1. The van der Waals surface area contributed by atoms with E-state index in [0.717, 1.165) is 22.2 Å². The first-order valence-electron chi connectivity index (χ1n) is 6.07. The van der Waals surface area contributed by atoms with Gasteiger partial charge in [0, 0.05) is 23.3 Å². The Hall–Kier alpha value is -2.76. The zero-order valence-corrected chi connectivity index (χ0v) is 10.9. The number of ether oxygens (including phenoxy) is 1. The summed E-state index contributed by atoms with van der Waals surface area (Å²) in [6, 6.07) is 7.71. The van der Waals surface area contributed by atoms with Gasteiger partial charge in [0.1, 0.15) is 18.6 Å². The van der Waals surface area contributed by atoms with E-state index in [2.05, 4.69) is 15.1 Å². The molecule has 0 saturated carbocycles. The molecule has 0 bridgehead atoms. The number of fused-ring (bicyclic) bond motifs is 1. The molecule has 0 spiro atoms. The molecule has 0 atom stereocenters. The molecule has 0 unspecified atom stereocenters. The van der Waals surface area contributed by atoms with Crippen LogP contribution in [0.2, 0.25) is 0 Å². The molecule has 1 aromatic carbocycles. The van der Waals surface area contributed by atoms with E-state index in [0.29, 0.717) is 0 Å². The predicted molar refractivity (Wildman–Crippen MR) is 72.8 cm³/mol. The van der Waals surface area contributed by atoms with E-state index in [1.54, 1.807) is 17.1 Å². The molecule has 0 aliphatic rings. The van der Waals surface area contributed by atoms with E-state index < -0.39 is 0 Å². The molecule has 20 heavy (non-hydrogen) atoms. The predicted octanol–water partition coefficient (Wildman–Crippen LogP) is 1.67. The lowest BCUT2D eigenvalue weighted by Gasteiger charge is -2.00. The first-order valence-corrected chi connectivity index (χ1v) is 6.07. The van der Waals surface area contributed by atoms with Crippen LogP contribution in [0.5, 0.6) is 0 Å². The molecule has 0 amide bonds. The van der Waals surface area contributed by atoms with Crippen molar-refractivity contribution >= 4 is 16.9 Å². The van der Waals surface area contributed by atoms with Gasteiger partial charge in [0.25, 0.3) is 0 Å². The van der Waals surface area contributed by atoms with Gasteiger partial charge in [0.05, 0.1) is 12.6 Å². The number of esters is 1. The molecule has 6 heteroatoms. The molecule has 2 heterocycles. The fraction of sp³-hybridized carbons (Fsp3) is 0.143. The highest BCUT2D eigenvalue weighted by Gasteiger charge is 2.14. The van der Waals surface area contributed by atoms with Crippen molar-refractivity contribution in [3.8, 4) is 11.3 Å². The number of carbonyl (C=O) groups is 1. The number of para-hydroxylation sites is 1. The van der Waals surface area contributed by atoms with Gasteiger partial charge in [0.2, 0.25) is 0 Å². The summed E-state index contributed by atoms with van der Waals surface area (Å²) in [5.41, 5.74) is 2.44. The summed E-state index contributed by atoms with van der Waals surface area (Å²) in [7, 11) is 1.36. The van der Waals surface area contributed by atoms with E-state index >= 15 is 0 Å². The largest absolute Gasteiger partial charge is 0.468 e. The van der Waals surface area contributed by atoms with Crippen LogP contribution in [0.1, 0.15) is 0 Å². The average molecular weight is 268 g/mol. The van der Waals surface area contributed by atoms with Crippen LogP contribution < -0.4 is 0 Å². The second-order valence-corrected chi connectivity index (χ2v) is 4.23. The number of hydrogen-bond donors (Lipinski definition) is 0. The van der Waals surface area contributed by atoms with Crippen LogP contribution in [0.25, 0.3) is 22.2 Å². The maximum atomic E-state index is 11.5. The van der Waals surface area contributed by atoms with Crippen molar-refractivity contribution in [2.75, 3.05) is 7.11 Å². The minimum Gasteiger partial charge on any atom is -0.468 e. The maximum Gasteiger partial charge on any atom is 0.327 e. The number of benzene rings is 1. The molecule has 0 aliphatic carbocycles. The maximum absolute atomic E-state index is 11.5. The van der Waals surface area contributed by atoms with E-state index in [4.69, 9.17) is 4.74 Å².